The van der Waals surface area contributed by atoms with E-state index in [0.29, 0.717) is 28.5 Å². The van der Waals surface area contributed by atoms with Gasteiger partial charge in [0.05, 0.1) is 12.2 Å². The first kappa shape index (κ1) is 15.1. The van der Waals surface area contributed by atoms with Crippen molar-refractivity contribution in [1.29, 1.82) is 5.26 Å². The van der Waals surface area contributed by atoms with Gasteiger partial charge >= 0.3 is 0 Å². The number of ether oxygens (including phenoxy) is 1. The quantitative estimate of drug-likeness (QED) is 0.931. The van der Waals surface area contributed by atoms with Gasteiger partial charge in [-0.05, 0) is 44.5 Å². The third kappa shape index (κ3) is 3.23. The molecule has 1 aromatic heterocycles. The maximum Gasteiger partial charge on any atom is 0.256 e. The number of carbonyl (C=O) groups excluding carboxylic acids is 1. The number of nitrogens with zero attached hydrogens (tertiary/aromatic N) is 1. The van der Waals surface area contributed by atoms with Gasteiger partial charge in [0.1, 0.15) is 16.8 Å². The predicted octanol–water partition coefficient (Wildman–Crippen LogP) is 3.89. The number of nitriles is 1. The molecule has 0 unspecified atom stereocenters. The Morgan fingerprint density at radius 2 is 2.19 bits per heavy atom. The minimum atomic E-state index is -0.241. The van der Waals surface area contributed by atoms with Crippen LogP contribution in [0.15, 0.2) is 24.3 Å². The molecule has 0 aliphatic heterocycles. The second-order valence-electron chi connectivity index (χ2n) is 4.51. The summed E-state index contributed by atoms with van der Waals surface area (Å²) in [4.78, 5) is 13.3. The normalized spacial score (nSPS) is 10.0. The maximum absolute atomic E-state index is 12.3. The Morgan fingerprint density at radius 3 is 2.86 bits per heavy atom. The molecule has 0 fully saturated rings. The van der Waals surface area contributed by atoms with E-state index in [4.69, 9.17) is 4.74 Å². The molecule has 1 N–H and O–H groups in total. The Hall–Kier alpha value is -2.32. The second-order valence-corrected chi connectivity index (χ2v) is 5.74. The zero-order valence-electron chi connectivity index (χ0n) is 12.2. The minimum absolute atomic E-state index is 0.241. The van der Waals surface area contributed by atoms with Gasteiger partial charge in [-0.15, -0.1) is 11.3 Å². The van der Waals surface area contributed by atoms with Crippen LogP contribution in [0.1, 0.15) is 33.3 Å². The first-order chi connectivity index (χ1) is 10.1. The van der Waals surface area contributed by atoms with Crippen LogP contribution in [0.4, 0.5) is 5.00 Å². The lowest BCUT2D eigenvalue weighted by molar-refractivity contribution is 0.102. The average molecular weight is 300 g/mol. The van der Waals surface area contributed by atoms with Crippen LogP contribution in [0, 0.1) is 25.2 Å². The lowest BCUT2D eigenvalue weighted by Gasteiger charge is -2.06. The van der Waals surface area contributed by atoms with Gasteiger partial charge in [0.2, 0.25) is 0 Å². The van der Waals surface area contributed by atoms with E-state index < -0.39 is 0 Å². The molecule has 1 heterocycles. The molecule has 0 atom stereocenters. The molecular formula is C16H16N2O2S. The Balaban J connectivity index is 2.24. The van der Waals surface area contributed by atoms with E-state index in [2.05, 4.69) is 11.4 Å². The maximum atomic E-state index is 12.3. The molecule has 1 amide bonds. The molecule has 2 aromatic rings. The molecule has 0 saturated heterocycles. The van der Waals surface area contributed by atoms with Gasteiger partial charge in [0.15, 0.2) is 0 Å². The largest absolute Gasteiger partial charge is 0.494 e. The van der Waals surface area contributed by atoms with E-state index in [-0.39, 0.29) is 5.91 Å². The highest BCUT2D eigenvalue weighted by molar-refractivity contribution is 7.16. The van der Waals surface area contributed by atoms with Crippen LogP contribution >= 0.6 is 11.3 Å². The van der Waals surface area contributed by atoms with Crippen LogP contribution in [0.5, 0.6) is 5.75 Å². The summed E-state index contributed by atoms with van der Waals surface area (Å²) in [6.07, 6.45) is 0. The van der Waals surface area contributed by atoms with Gasteiger partial charge in [0.25, 0.3) is 5.91 Å². The first-order valence-electron chi connectivity index (χ1n) is 6.61. The number of hydrogen-bond acceptors (Lipinski definition) is 4. The summed E-state index contributed by atoms with van der Waals surface area (Å²) in [6.45, 7) is 6.26. The van der Waals surface area contributed by atoms with Crippen LogP contribution in [0.2, 0.25) is 0 Å². The van der Waals surface area contributed by atoms with Gasteiger partial charge in [-0.3, -0.25) is 4.79 Å². The number of thiophene rings is 1. The molecule has 5 heteroatoms. The summed E-state index contributed by atoms with van der Waals surface area (Å²) in [5.41, 5.74) is 1.96. The van der Waals surface area contributed by atoms with Crippen molar-refractivity contribution in [3.8, 4) is 11.8 Å². The molecule has 0 aliphatic carbocycles. The van der Waals surface area contributed by atoms with Gasteiger partial charge in [-0.1, -0.05) is 6.07 Å². The monoisotopic (exact) mass is 300 g/mol. The van der Waals surface area contributed by atoms with Crippen LogP contribution in [-0.2, 0) is 0 Å². The molecule has 2 rings (SSSR count). The Bertz CT molecular complexity index is 714. The van der Waals surface area contributed by atoms with Gasteiger partial charge in [0, 0.05) is 10.4 Å². The molecule has 0 saturated carbocycles. The Kier molecular flexibility index (Phi) is 4.61. The topological polar surface area (TPSA) is 62.1 Å². The fourth-order valence-electron chi connectivity index (χ4n) is 1.92. The van der Waals surface area contributed by atoms with Crippen LogP contribution in [0.25, 0.3) is 0 Å². The highest BCUT2D eigenvalue weighted by Crippen LogP contribution is 2.32. The van der Waals surface area contributed by atoms with Gasteiger partial charge < -0.3 is 10.1 Å². The minimum Gasteiger partial charge on any atom is -0.494 e. The van der Waals surface area contributed by atoms with E-state index in [0.717, 1.165) is 10.4 Å². The van der Waals surface area contributed by atoms with Crippen molar-refractivity contribution in [2.75, 3.05) is 11.9 Å². The van der Waals surface area contributed by atoms with E-state index >= 15 is 0 Å². The summed E-state index contributed by atoms with van der Waals surface area (Å²) in [5, 5.41) is 12.6. The molecule has 1 aromatic carbocycles. The van der Waals surface area contributed by atoms with Gasteiger partial charge in [-0.25, -0.2) is 0 Å². The molecule has 108 valence electrons. The van der Waals surface area contributed by atoms with Crippen molar-refractivity contribution < 1.29 is 9.53 Å². The van der Waals surface area contributed by atoms with Crippen molar-refractivity contribution >= 4 is 22.2 Å². The summed E-state index contributed by atoms with van der Waals surface area (Å²) in [7, 11) is 0. The number of carbonyl (C=O) groups is 1. The van der Waals surface area contributed by atoms with Crippen molar-refractivity contribution in [2.45, 2.75) is 20.8 Å². The molecule has 0 spiro atoms. The molecule has 0 bridgehead atoms. The molecule has 21 heavy (non-hydrogen) atoms. The third-order valence-corrected chi connectivity index (χ3v) is 4.25. The average Bonchev–Trinajstić information content (AvgIpc) is 2.74. The van der Waals surface area contributed by atoms with Crippen LogP contribution in [-0.4, -0.2) is 12.5 Å². The van der Waals surface area contributed by atoms with Crippen molar-refractivity contribution in [3.05, 3.63) is 45.8 Å². The number of benzene rings is 1. The van der Waals surface area contributed by atoms with E-state index in [1.165, 1.54) is 11.3 Å². The molecule has 0 aliphatic rings. The summed E-state index contributed by atoms with van der Waals surface area (Å²) >= 11 is 1.42. The molecule has 0 radical (unpaired) electrons. The first-order valence-corrected chi connectivity index (χ1v) is 7.42. The fraction of sp³-hybridized carbons (Fsp3) is 0.250. The molecular weight excluding hydrogens is 284 g/mol. The number of rotatable bonds is 4. The summed E-state index contributed by atoms with van der Waals surface area (Å²) in [5.74, 6) is 0.415. The lowest BCUT2D eigenvalue weighted by atomic mass is 10.1. The number of hydrogen-bond donors (Lipinski definition) is 1. The van der Waals surface area contributed by atoms with Crippen molar-refractivity contribution in [2.24, 2.45) is 0 Å². The van der Waals surface area contributed by atoms with E-state index in [9.17, 15) is 10.1 Å². The fourth-order valence-corrected chi connectivity index (χ4v) is 2.92. The predicted molar refractivity (Wildman–Crippen MR) is 84.1 cm³/mol. The highest BCUT2D eigenvalue weighted by atomic mass is 32.1. The Morgan fingerprint density at radius 1 is 1.43 bits per heavy atom. The van der Waals surface area contributed by atoms with E-state index in [1.807, 2.05) is 20.8 Å². The van der Waals surface area contributed by atoms with Crippen LogP contribution < -0.4 is 10.1 Å². The van der Waals surface area contributed by atoms with E-state index in [1.54, 1.807) is 24.3 Å². The van der Waals surface area contributed by atoms with Crippen molar-refractivity contribution in [3.63, 3.8) is 0 Å². The standard InChI is InChI=1S/C16H16N2O2S/c1-4-20-13-7-5-6-12(8-13)15(19)18-16-14(9-17)10(2)11(3)21-16/h5-8H,4H2,1-3H3,(H,18,19). The zero-order chi connectivity index (χ0) is 15.4. The third-order valence-electron chi connectivity index (χ3n) is 3.13. The highest BCUT2D eigenvalue weighted by Gasteiger charge is 2.15. The molecule has 4 nitrogen and oxygen atoms in total. The number of nitrogens with one attached hydrogen (secondary N) is 1. The second kappa shape index (κ2) is 6.42. The summed E-state index contributed by atoms with van der Waals surface area (Å²) in [6, 6.07) is 9.14. The van der Waals surface area contributed by atoms with Crippen molar-refractivity contribution in [1.82, 2.24) is 0 Å². The lowest BCUT2D eigenvalue weighted by Crippen LogP contribution is -2.11. The SMILES string of the molecule is CCOc1cccc(C(=O)Nc2sc(C)c(C)c2C#N)c1. The zero-order valence-corrected chi connectivity index (χ0v) is 13.0. The van der Waals surface area contributed by atoms with Gasteiger partial charge in [-0.2, -0.15) is 5.26 Å². The number of anilines is 1. The Labute approximate surface area is 128 Å². The number of amides is 1. The summed E-state index contributed by atoms with van der Waals surface area (Å²) < 4.78 is 5.39. The number of aryl methyl sites for hydroxylation is 1. The van der Waals surface area contributed by atoms with Crippen LogP contribution in [0.3, 0.4) is 0 Å². The smallest absolute Gasteiger partial charge is 0.256 e.